The van der Waals surface area contributed by atoms with Crippen molar-refractivity contribution < 1.29 is 4.79 Å². The summed E-state index contributed by atoms with van der Waals surface area (Å²) >= 11 is 14.6. The summed E-state index contributed by atoms with van der Waals surface area (Å²) in [5, 5.41) is 0. The number of hydrogen-bond donors (Lipinski definition) is 1. The Hall–Kier alpha value is -0.180. The van der Waals surface area contributed by atoms with Gasteiger partial charge in [-0.15, -0.1) is 0 Å². The Morgan fingerprint density at radius 1 is 1.50 bits per heavy atom. The molecule has 0 unspecified atom stereocenters. The number of rotatable bonds is 0. The first-order valence-corrected chi connectivity index (χ1v) is 4.22. The lowest BCUT2D eigenvalue weighted by Crippen LogP contribution is -2.00. The van der Waals surface area contributed by atoms with Gasteiger partial charge in [0.1, 0.15) is 0 Å². The van der Waals surface area contributed by atoms with E-state index in [2.05, 4.69) is 4.98 Å². The van der Waals surface area contributed by atoms with E-state index in [1.807, 2.05) is 25.3 Å². The number of aldehydes is 1. The molecule has 1 rings (SSSR count). The van der Waals surface area contributed by atoms with Gasteiger partial charge >= 0.3 is 0 Å². The Labute approximate surface area is 85.8 Å². The van der Waals surface area contributed by atoms with Crippen molar-refractivity contribution in [3.8, 4) is 0 Å². The topological polar surface area (TPSA) is 32.9 Å². The highest BCUT2D eigenvalue weighted by Crippen LogP contribution is 2.21. The molecule has 0 spiro atoms. The number of aryl methyl sites for hydroxylation is 1. The highest BCUT2D eigenvalue weighted by atomic mass is 35.6. The summed E-state index contributed by atoms with van der Waals surface area (Å²) in [5.74, 6) is 0. The molecule has 2 nitrogen and oxygen atoms in total. The van der Waals surface area contributed by atoms with Gasteiger partial charge in [-0.1, -0.05) is 34.8 Å². The molecular formula is C7H8Cl3NO. The number of carbonyl (C=O) groups excluding carboxylic acids is 1. The fourth-order valence-corrected chi connectivity index (χ4v) is 0.420. The van der Waals surface area contributed by atoms with E-state index in [4.69, 9.17) is 34.8 Å². The maximum Gasteiger partial charge on any atom is 0.245 e. The van der Waals surface area contributed by atoms with Crippen LogP contribution in [0.3, 0.4) is 0 Å². The fourth-order valence-electron chi connectivity index (χ4n) is 0.420. The predicted molar refractivity (Wildman–Crippen MR) is 51.9 cm³/mol. The molecule has 12 heavy (non-hydrogen) atoms. The molecule has 5 heteroatoms. The molecule has 68 valence electrons. The molecule has 0 radical (unpaired) electrons. The Morgan fingerprint density at radius 3 is 2.08 bits per heavy atom. The molecular weight excluding hydrogens is 220 g/mol. The van der Waals surface area contributed by atoms with Gasteiger partial charge in [-0.2, -0.15) is 0 Å². The molecule has 1 N–H and O–H groups in total. The molecule has 0 saturated carbocycles. The molecule has 0 bridgehead atoms. The minimum absolute atomic E-state index is 0.234. The third kappa shape index (κ3) is 7.92. The van der Waals surface area contributed by atoms with Gasteiger partial charge in [0.15, 0.2) is 6.29 Å². The Balaban J connectivity index is 0.000000202. The minimum Gasteiger partial charge on any atom is -0.365 e. The summed E-state index contributed by atoms with van der Waals surface area (Å²) in [6.07, 6.45) is 2.15. The monoisotopic (exact) mass is 227 g/mol. The van der Waals surface area contributed by atoms with E-state index in [-0.39, 0.29) is 6.29 Å². The van der Waals surface area contributed by atoms with Gasteiger partial charge in [0.05, 0.1) is 0 Å². The Bertz CT molecular complexity index is 215. The van der Waals surface area contributed by atoms with E-state index in [9.17, 15) is 4.79 Å². The maximum absolute atomic E-state index is 9.43. The van der Waals surface area contributed by atoms with Gasteiger partial charge in [0.25, 0.3) is 0 Å². The van der Waals surface area contributed by atoms with Crippen LogP contribution in [0.4, 0.5) is 0 Å². The summed E-state index contributed by atoms with van der Waals surface area (Å²) in [6.45, 7) is 2.03. The first-order valence-electron chi connectivity index (χ1n) is 3.09. The average molecular weight is 229 g/mol. The molecule has 1 heterocycles. The van der Waals surface area contributed by atoms with Gasteiger partial charge in [0, 0.05) is 11.9 Å². The lowest BCUT2D eigenvalue weighted by molar-refractivity contribution is -0.107. The number of hydrogen-bond acceptors (Lipinski definition) is 1. The van der Waals surface area contributed by atoms with Crippen molar-refractivity contribution in [2.45, 2.75) is 10.7 Å². The fraction of sp³-hybridized carbons (Fsp3) is 0.286. The molecule has 1 aromatic heterocycles. The van der Waals surface area contributed by atoms with Crippen LogP contribution in [0.2, 0.25) is 0 Å². The molecule has 0 atom stereocenters. The van der Waals surface area contributed by atoms with Crippen molar-refractivity contribution >= 4 is 41.1 Å². The van der Waals surface area contributed by atoms with Crippen LogP contribution in [0.1, 0.15) is 5.69 Å². The average Bonchev–Trinajstić information content (AvgIpc) is 2.39. The largest absolute Gasteiger partial charge is 0.365 e. The van der Waals surface area contributed by atoms with Crippen molar-refractivity contribution in [3.63, 3.8) is 0 Å². The van der Waals surface area contributed by atoms with E-state index in [1.165, 1.54) is 5.69 Å². The number of nitrogens with one attached hydrogen (secondary N) is 1. The highest BCUT2D eigenvalue weighted by molar-refractivity contribution is 6.74. The van der Waals surface area contributed by atoms with Crippen molar-refractivity contribution in [2.75, 3.05) is 0 Å². The van der Waals surface area contributed by atoms with Gasteiger partial charge in [0.2, 0.25) is 3.79 Å². The first-order chi connectivity index (χ1) is 5.45. The van der Waals surface area contributed by atoms with Crippen LogP contribution >= 0.6 is 34.8 Å². The summed E-state index contributed by atoms with van der Waals surface area (Å²) < 4.78 is -1.72. The third-order valence-electron chi connectivity index (χ3n) is 0.887. The molecule has 0 fully saturated rings. The summed E-state index contributed by atoms with van der Waals surface area (Å²) in [5.41, 5.74) is 1.22. The van der Waals surface area contributed by atoms with E-state index in [0.29, 0.717) is 0 Å². The van der Waals surface area contributed by atoms with Gasteiger partial charge < -0.3 is 4.98 Å². The zero-order valence-electron chi connectivity index (χ0n) is 6.35. The molecule has 0 saturated heterocycles. The standard InChI is InChI=1S/C5H7N.C2HCl3O/c1-5-3-2-4-6-5;3-2(4,5)1-6/h2-4,6H,1H3;1H. The molecule has 0 amide bonds. The number of aromatic amines is 1. The quantitative estimate of drug-likeness (QED) is 0.537. The summed E-state index contributed by atoms with van der Waals surface area (Å²) in [6, 6.07) is 4.01. The van der Waals surface area contributed by atoms with Crippen molar-refractivity contribution in [2.24, 2.45) is 0 Å². The van der Waals surface area contributed by atoms with Crippen LogP contribution in [0.25, 0.3) is 0 Å². The highest BCUT2D eigenvalue weighted by Gasteiger charge is 2.16. The third-order valence-corrected chi connectivity index (χ3v) is 1.15. The Morgan fingerprint density at radius 2 is 2.00 bits per heavy atom. The van der Waals surface area contributed by atoms with Crippen molar-refractivity contribution in [1.82, 2.24) is 4.98 Å². The molecule has 0 aliphatic heterocycles. The van der Waals surface area contributed by atoms with E-state index in [1.54, 1.807) is 0 Å². The van der Waals surface area contributed by atoms with Crippen LogP contribution in [0.5, 0.6) is 0 Å². The number of aromatic nitrogens is 1. The second-order valence-electron chi connectivity index (χ2n) is 2.01. The Kier molecular flexibility index (Phi) is 5.38. The lowest BCUT2D eigenvalue weighted by atomic mass is 10.5. The van der Waals surface area contributed by atoms with Crippen LogP contribution in [0, 0.1) is 6.92 Å². The second-order valence-corrected chi connectivity index (χ2v) is 4.38. The zero-order valence-corrected chi connectivity index (χ0v) is 8.62. The van der Waals surface area contributed by atoms with Gasteiger partial charge in [-0.05, 0) is 19.1 Å². The van der Waals surface area contributed by atoms with E-state index < -0.39 is 3.79 Å². The van der Waals surface area contributed by atoms with Crippen LogP contribution in [0.15, 0.2) is 18.3 Å². The smallest absolute Gasteiger partial charge is 0.245 e. The predicted octanol–water partition coefficient (Wildman–Crippen LogP) is 2.88. The number of carbonyl (C=O) groups is 1. The molecule has 1 aromatic rings. The summed E-state index contributed by atoms with van der Waals surface area (Å²) in [7, 11) is 0. The molecule has 0 aliphatic carbocycles. The van der Waals surface area contributed by atoms with Crippen LogP contribution < -0.4 is 0 Å². The van der Waals surface area contributed by atoms with Gasteiger partial charge in [-0.3, -0.25) is 4.79 Å². The molecule has 0 aromatic carbocycles. The van der Waals surface area contributed by atoms with Gasteiger partial charge in [-0.25, -0.2) is 0 Å². The second kappa shape index (κ2) is 5.46. The first kappa shape index (κ1) is 11.8. The minimum atomic E-state index is -1.72. The zero-order chi connectivity index (χ0) is 9.61. The number of halogens is 3. The SMILES string of the molecule is Cc1ccc[nH]1.O=CC(Cl)(Cl)Cl. The maximum atomic E-state index is 9.43. The lowest BCUT2D eigenvalue weighted by Gasteiger charge is -1.93. The number of alkyl halides is 3. The van der Waals surface area contributed by atoms with E-state index in [0.717, 1.165) is 0 Å². The van der Waals surface area contributed by atoms with Crippen LogP contribution in [-0.2, 0) is 4.79 Å². The summed E-state index contributed by atoms with van der Waals surface area (Å²) in [4.78, 5) is 12.4. The molecule has 0 aliphatic rings. The number of H-pyrrole nitrogens is 1. The van der Waals surface area contributed by atoms with Crippen LogP contribution in [-0.4, -0.2) is 15.1 Å². The normalized spacial score (nSPS) is 10.0. The van der Waals surface area contributed by atoms with E-state index >= 15 is 0 Å². The van der Waals surface area contributed by atoms with Crippen molar-refractivity contribution in [1.29, 1.82) is 0 Å². The van der Waals surface area contributed by atoms with Crippen molar-refractivity contribution in [3.05, 3.63) is 24.0 Å².